The lowest BCUT2D eigenvalue weighted by Crippen LogP contribution is -2.37. The third-order valence-electron chi connectivity index (χ3n) is 7.47. The molecule has 1 saturated carbocycles. The average molecular weight is 506 g/mol. The van der Waals surface area contributed by atoms with E-state index < -0.39 is 5.82 Å². The number of hydrogen-bond donors (Lipinski definition) is 1. The third kappa shape index (κ3) is 5.71. The van der Waals surface area contributed by atoms with Crippen LogP contribution < -0.4 is 15.5 Å². The summed E-state index contributed by atoms with van der Waals surface area (Å²) >= 11 is 0. The fourth-order valence-electron chi connectivity index (χ4n) is 6.21. The molecule has 0 spiro atoms. The van der Waals surface area contributed by atoms with E-state index in [2.05, 4.69) is 51.4 Å². The van der Waals surface area contributed by atoms with Crippen LogP contribution in [-0.4, -0.2) is 18.2 Å². The Morgan fingerprint density at radius 3 is 2.16 bits per heavy atom. The van der Waals surface area contributed by atoms with Crippen molar-refractivity contribution < 1.29 is 9.13 Å². The van der Waals surface area contributed by atoms with Crippen LogP contribution in [0.4, 0.5) is 10.1 Å². The van der Waals surface area contributed by atoms with Gasteiger partial charge in [-0.1, -0.05) is 72.9 Å². The second-order valence-electron chi connectivity index (χ2n) is 12.5. The van der Waals surface area contributed by atoms with Gasteiger partial charge in [-0.15, -0.1) is 0 Å². The number of fused-ring (bicyclic) bond motifs is 1. The predicted molar refractivity (Wildman–Crippen MR) is 153 cm³/mol. The van der Waals surface area contributed by atoms with Crippen LogP contribution in [0.25, 0.3) is 22.0 Å². The van der Waals surface area contributed by atoms with Crippen LogP contribution in [0.2, 0.25) is 0 Å². The maximum atomic E-state index is 15.6. The highest BCUT2D eigenvalue weighted by Crippen LogP contribution is 2.45. The Morgan fingerprint density at radius 1 is 0.973 bits per heavy atom. The molecule has 0 atom stereocenters. The molecule has 1 aromatic heterocycles. The summed E-state index contributed by atoms with van der Waals surface area (Å²) in [6.45, 7) is 13.9. The standard InChI is InChI=1S/C32H42FN2O2/c1-31(2,3)30(32(4,5)6)35-20-24(22-13-15-23(37-7)16-14-22)29(36)27-25(33)17-18-26(28(27)35)34-19-21-11-9-8-10-12-21/h13-18,20-21,34H,8-12,19H2,1-7H3. The summed E-state index contributed by atoms with van der Waals surface area (Å²) < 4.78 is 23.0. The SMILES string of the molecule is COc1ccc(-c2cn([C](C(C)(C)C)C(C)(C)C)c3c(NCC4CCCCC4)ccc(F)c3c2=O)cc1. The molecule has 1 heterocycles. The second-order valence-corrected chi connectivity index (χ2v) is 12.5. The quantitative estimate of drug-likeness (QED) is 0.366. The summed E-state index contributed by atoms with van der Waals surface area (Å²) in [6, 6.07) is 11.7. The van der Waals surface area contributed by atoms with Crippen LogP contribution in [0.3, 0.4) is 0 Å². The fraction of sp³-hybridized carbons (Fsp3) is 0.500. The van der Waals surface area contributed by atoms with E-state index in [1.807, 2.05) is 30.5 Å². The highest BCUT2D eigenvalue weighted by molar-refractivity contribution is 5.94. The summed E-state index contributed by atoms with van der Waals surface area (Å²) in [5.74, 6) is 0.817. The van der Waals surface area contributed by atoms with Crippen molar-refractivity contribution in [2.75, 3.05) is 19.0 Å². The van der Waals surface area contributed by atoms with Crippen molar-refractivity contribution in [2.24, 2.45) is 16.7 Å². The summed E-state index contributed by atoms with van der Waals surface area (Å²) in [5, 5.41) is 3.76. The average Bonchev–Trinajstić information content (AvgIpc) is 2.84. The smallest absolute Gasteiger partial charge is 0.200 e. The fourth-order valence-corrected chi connectivity index (χ4v) is 6.21. The molecular weight excluding hydrogens is 463 g/mol. The summed E-state index contributed by atoms with van der Waals surface area (Å²) in [6.07, 6.45) is 8.17. The van der Waals surface area contributed by atoms with E-state index >= 15 is 4.39 Å². The predicted octanol–water partition coefficient (Wildman–Crippen LogP) is 8.28. The lowest BCUT2D eigenvalue weighted by atomic mass is 9.71. The summed E-state index contributed by atoms with van der Waals surface area (Å²) in [4.78, 5) is 13.9. The first-order chi connectivity index (χ1) is 17.4. The number of ether oxygens (including phenoxy) is 1. The summed E-state index contributed by atoms with van der Waals surface area (Å²) in [5.41, 5.74) is 1.89. The molecule has 3 aromatic rings. The van der Waals surface area contributed by atoms with E-state index in [-0.39, 0.29) is 21.6 Å². The molecule has 0 saturated heterocycles. The molecule has 1 aliphatic carbocycles. The number of benzene rings is 2. The van der Waals surface area contributed by atoms with Crippen LogP contribution in [0.15, 0.2) is 47.4 Å². The number of halogens is 1. The number of pyridine rings is 1. The molecule has 37 heavy (non-hydrogen) atoms. The zero-order chi connectivity index (χ0) is 27.0. The third-order valence-corrected chi connectivity index (χ3v) is 7.47. The van der Waals surface area contributed by atoms with E-state index in [1.54, 1.807) is 13.2 Å². The molecule has 0 unspecified atom stereocenters. The van der Waals surface area contributed by atoms with Gasteiger partial charge >= 0.3 is 0 Å². The normalized spacial score (nSPS) is 15.4. The Hall–Kier alpha value is -2.82. The molecule has 1 fully saturated rings. The van der Waals surface area contributed by atoms with Crippen LogP contribution in [0.5, 0.6) is 5.75 Å². The molecule has 1 radical (unpaired) electrons. The van der Waals surface area contributed by atoms with Crippen molar-refractivity contribution in [2.45, 2.75) is 73.6 Å². The zero-order valence-electron chi connectivity index (χ0n) is 23.5. The second kappa shape index (κ2) is 10.5. The Kier molecular flexibility index (Phi) is 7.73. The van der Waals surface area contributed by atoms with Gasteiger partial charge < -0.3 is 14.6 Å². The van der Waals surface area contributed by atoms with Crippen molar-refractivity contribution >= 4 is 16.6 Å². The minimum atomic E-state index is -0.491. The van der Waals surface area contributed by atoms with E-state index in [1.165, 1.54) is 38.2 Å². The van der Waals surface area contributed by atoms with Gasteiger partial charge in [0, 0.05) is 18.3 Å². The maximum absolute atomic E-state index is 15.6. The highest BCUT2D eigenvalue weighted by atomic mass is 19.1. The van der Waals surface area contributed by atoms with Crippen molar-refractivity contribution in [3.63, 3.8) is 0 Å². The Balaban J connectivity index is 1.99. The topological polar surface area (TPSA) is 43.3 Å². The highest BCUT2D eigenvalue weighted by Gasteiger charge is 2.39. The maximum Gasteiger partial charge on any atom is 0.200 e. The largest absolute Gasteiger partial charge is 0.497 e. The number of hydrogen-bond acceptors (Lipinski definition) is 3. The summed E-state index contributed by atoms with van der Waals surface area (Å²) in [7, 11) is 1.61. The van der Waals surface area contributed by atoms with Crippen molar-refractivity contribution in [1.82, 2.24) is 4.57 Å². The molecule has 0 bridgehead atoms. The van der Waals surface area contributed by atoms with Crippen molar-refractivity contribution in [3.8, 4) is 16.9 Å². The van der Waals surface area contributed by atoms with Crippen LogP contribution in [0, 0.1) is 28.6 Å². The van der Waals surface area contributed by atoms with Gasteiger partial charge in [0.15, 0.2) is 5.43 Å². The first kappa shape index (κ1) is 27.2. The molecule has 199 valence electrons. The van der Waals surface area contributed by atoms with Crippen molar-refractivity contribution in [1.29, 1.82) is 0 Å². The van der Waals surface area contributed by atoms with Crippen LogP contribution in [0.1, 0.15) is 73.6 Å². The molecule has 4 nitrogen and oxygen atoms in total. The minimum absolute atomic E-state index is 0.132. The number of aromatic nitrogens is 1. The van der Waals surface area contributed by atoms with Crippen molar-refractivity contribution in [3.05, 3.63) is 64.7 Å². The number of anilines is 1. The first-order valence-electron chi connectivity index (χ1n) is 13.6. The number of rotatable bonds is 6. The van der Waals surface area contributed by atoms with Gasteiger partial charge in [-0.25, -0.2) is 4.39 Å². The molecule has 1 N–H and O–H groups in total. The van der Waals surface area contributed by atoms with Gasteiger partial charge in [-0.2, -0.15) is 0 Å². The minimum Gasteiger partial charge on any atom is -0.497 e. The van der Waals surface area contributed by atoms with E-state index in [0.717, 1.165) is 23.8 Å². The molecule has 5 heteroatoms. The zero-order valence-corrected chi connectivity index (χ0v) is 23.5. The lowest BCUT2D eigenvalue weighted by molar-refractivity contribution is 0.251. The molecule has 4 rings (SSSR count). The lowest BCUT2D eigenvalue weighted by Gasteiger charge is -2.42. The van der Waals surface area contributed by atoms with E-state index in [0.29, 0.717) is 22.7 Å². The van der Waals surface area contributed by atoms with Gasteiger partial charge in [0.2, 0.25) is 0 Å². The monoisotopic (exact) mass is 505 g/mol. The first-order valence-corrected chi connectivity index (χ1v) is 13.6. The molecule has 0 aliphatic heterocycles. The molecule has 2 aromatic carbocycles. The van der Waals surface area contributed by atoms with Gasteiger partial charge in [0.25, 0.3) is 0 Å². The number of nitrogens with zero attached hydrogens (tertiary/aromatic N) is 1. The van der Waals surface area contributed by atoms with E-state index in [4.69, 9.17) is 4.74 Å². The Morgan fingerprint density at radius 2 is 1.59 bits per heavy atom. The number of methoxy groups -OCH3 is 1. The van der Waals surface area contributed by atoms with E-state index in [9.17, 15) is 4.79 Å². The Labute approximate surface area is 221 Å². The van der Waals surface area contributed by atoms with Gasteiger partial charge in [-0.05, 0) is 59.4 Å². The number of nitrogens with one attached hydrogen (secondary N) is 1. The molecular formula is C32H42FN2O2. The molecule has 0 amide bonds. The van der Waals surface area contributed by atoms with Gasteiger partial charge in [-0.3, -0.25) is 4.79 Å². The van der Waals surface area contributed by atoms with Crippen LogP contribution in [-0.2, 0) is 0 Å². The molecule has 1 aliphatic rings. The van der Waals surface area contributed by atoms with Gasteiger partial charge in [0.05, 0.1) is 29.7 Å². The van der Waals surface area contributed by atoms with Gasteiger partial charge in [0.1, 0.15) is 11.6 Å². The van der Waals surface area contributed by atoms with Crippen LogP contribution >= 0.6 is 0 Å². The Bertz CT molecular complexity index is 1280.